The molecule has 3 atom stereocenters. The average Bonchev–Trinajstić information content (AvgIpc) is 2.74. The van der Waals surface area contributed by atoms with E-state index in [1.165, 1.54) is 32.1 Å². The Balaban J connectivity index is 1.60. The molecule has 3 heteroatoms. The third-order valence-corrected chi connectivity index (χ3v) is 4.26. The summed E-state index contributed by atoms with van der Waals surface area (Å²) in [5.74, 6) is 2.42. The van der Waals surface area contributed by atoms with Crippen LogP contribution in [0.2, 0.25) is 0 Å². The van der Waals surface area contributed by atoms with Crippen LogP contribution >= 0.6 is 0 Å². The number of carbonyl (C=O) groups is 1. The fraction of sp³-hybridized carbons (Fsp3) is 0.929. The van der Waals surface area contributed by atoms with Gasteiger partial charge in [0.05, 0.1) is 0 Å². The van der Waals surface area contributed by atoms with Gasteiger partial charge in [0.15, 0.2) is 0 Å². The van der Waals surface area contributed by atoms with Gasteiger partial charge in [-0.3, -0.25) is 4.79 Å². The molecular formula is C14H26N2O. The van der Waals surface area contributed by atoms with Crippen molar-refractivity contribution >= 4 is 5.91 Å². The Labute approximate surface area is 105 Å². The highest BCUT2D eigenvalue weighted by Crippen LogP contribution is 2.29. The minimum absolute atomic E-state index is 0.262. The molecule has 17 heavy (non-hydrogen) atoms. The summed E-state index contributed by atoms with van der Waals surface area (Å²) in [6.45, 7) is 5.37. The maximum Gasteiger partial charge on any atom is 0.220 e. The van der Waals surface area contributed by atoms with Gasteiger partial charge in [0.1, 0.15) is 0 Å². The highest BCUT2D eigenvalue weighted by atomic mass is 16.1. The normalized spacial score (nSPS) is 33.6. The zero-order chi connectivity index (χ0) is 12.1. The van der Waals surface area contributed by atoms with E-state index < -0.39 is 0 Å². The van der Waals surface area contributed by atoms with E-state index in [2.05, 4.69) is 17.6 Å². The lowest BCUT2D eigenvalue weighted by atomic mass is 9.96. The predicted octanol–water partition coefficient (Wildman–Crippen LogP) is 1.93. The van der Waals surface area contributed by atoms with Crippen LogP contribution in [0.4, 0.5) is 0 Å². The lowest BCUT2D eigenvalue weighted by molar-refractivity contribution is -0.122. The number of hydrogen-bond acceptors (Lipinski definition) is 2. The number of rotatable bonds is 4. The largest absolute Gasteiger partial charge is 0.356 e. The van der Waals surface area contributed by atoms with Gasteiger partial charge in [-0.2, -0.15) is 0 Å². The van der Waals surface area contributed by atoms with E-state index in [4.69, 9.17) is 0 Å². The topological polar surface area (TPSA) is 41.1 Å². The van der Waals surface area contributed by atoms with Crippen LogP contribution < -0.4 is 10.6 Å². The Morgan fingerprint density at radius 1 is 1.29 bits per heavy atom. The molecule has 3 nitrogen and oxygen atoms in total. The molecule has 0 aromatic heterocycles. The Hall–Kier alpha value is -0.570. The molecule has 3 unspecified atom stereocenters. The van der Waals surface area contributed by atoms with Gasteiger partial charge < -0.3 is 10.6 Å². The van der Waals surface area contributed by atoms with E-state index in [9.17, 15) is 4.79 Å². The molecule has 1 aliphatic heterocycles. The van der Waals surface area contributed by atoms with Crippen LogP contribution in [0.15, 0.2) is 0 Å². The summed E-state index contributed by atoms with van der Waals surface area (Å²) in [5, 5.41) is 6.49. The van der Waals surface area contributed by atoms with Gasteiger partial charge in [0, 0.05) is 13.0 Å². The monoisotopic (exact) mass is 238 g/mol. The average molecular weight is 238 g/mol. The lowest BCUT2D eigenvalue weighted by Gasteiger charge is -2.22. The Morgan fingerprint density at radius 3 is 2.82 bits per heavy atom. The second-order valence-corrected chi connectivity index (χ2v) is 6.00. The first-order chi connectivity index (χ1) is 8.24. The van der Waals surface area contributed by atoms with Gasteiger partial charge in [-0.15, -0.1) is 0 Å². The maximum atomic E-state index is 11.8. The summed E-state index contributed by atoms with van der Waals surface area (Å²) < 4.78 is 0. The smallest absolute Gasteiger partial charge is 0.220 e. The van der Waals surface area contributed by atoms with E-state index in [-0.39, 0.29) is 5.91 Å². The van der Waals surface area contributed by atoms with E-state index in [0.717, 1.165) is 37.9 Å². The third kappa shape index (κ3) is 4.30. The summed E-state index contributed by atoms with van der Waals surface area (Å²) in [4.78, 5) is 11.8. The molecule has 1 saturated carbocycles. The van der Waals surface area contributed by atoms with Gasteiger partial charge in [-0.25, -0.2) is 0 Å². The lowest BCUT2D eigenvalue weighted by Crippen LogP contribution is -2.35. The first kappa shape index (κ1) is 12.9. The predicted molar refractivity (Wildman–Crippen MR) is 69.7 cm³/mol. The van der Waals surface area contributed by atoms with E-state index in [1.807, 2.05) is 0 Å². The minimum atomic E-state index is 0.262. The molecule has 2 N–H and O–H groups in total. The standard InChI is InChI=1S/C14H26N2O/c1-11-4-5-13(7-11)10-16-14(17)8-12-3-2-6-15-9-12/h11-13,15H,2-10H2,1H3,(H,16,17). The van der Waals surface area contributed by atoms with E-state index in [0.29, 0.717) is 5.92 Å². The molecule has 0 radical (unpaired) electrons. The van der Waals surface area contributed by atoms with Crippen molar-refractivity contribution in [3.8, 4) is 0 Å². The van der Waals surface area contributed by atoms with Crippen molar-refractivity contribution in [3.63, 3.8) is 0 Å². The zero-order valence-corrected chi connectivity index (χ0v) is 11.0. The molecular weight excluding hydrogens is 212 g/mol. The minimum Gasteiger partial charge on any atom is -0.356 e. The molecule has 1 heterocycles. The van der Waals surface area contributed by atoms with Crippen LogP contribution in [-0.4, -0.2) is 25.5 Å². The van der Waals surface area contributed by atoms with Gasteiger partial charge in [-0.05, 0) is 56.5 Å². The molecule has 1 amide bonds. The Morgan fingerprint density at radius 2 is 2.18 bits per heavy atom. The van der Waals surface area contributed by atoms with E-state index >= 15 is 0 Å². The van der Waals surface area contributed by atoms with Crippen molar-refractivity contribution in [1.82, 2.24) is 10.6 Å². The molecule has 0 bridgehead atoms. The Kier molecular flexibility index (Phi) is 4.84. The molecule has 1 saturated heterocycles. The SMILES string of the molecule is CC1CCC(CNC(=O)CC2CCCNC2)C1. The molecule has 2 aliphatic rings. The van der Waals surface area contributed by atoms with Crippen molar-refractivity contribution in [3.05, 3.63) is 0 Å². The van der Waals surface area contributed by atoms with Crippen LogP contribution in [0.3, 0.4) is 0 Å². The van der Waals surface area contributed by atoms with Crippen LogP contribution in [-0.2, 0) is 4.79 Å². The number of nitrogens with one attached hydrogen (secondary N) is 2. The highest BCUT2D eigenvalue weighted by molar-refractivity contribution is 5.76. The van der Waals surface area contributed by atoms with Gasteiger partial charge in [0.2, 0.25) is 5.91 Å². The highest BCUT2D eigenvalue weighted by Gasteiger charge is 2.22. The number of piperidine rings is 1. The summed E-state index contributed by atoms with van der Waals surface area (Å²) in [7, 11) is 0. The molecule has 1 aliphatic carbocycles. The van der Waals surface area contributed by atoms with Crippen molar-refractivity contribution < 1.29 is 4.79 Å². The fourth-order valence-electron chi connectivity index (χ4n) is 3.20. The first-order valence-corrected chi connectivity index (χ1v) is 7.21. The number of carbonyl (C=O) groups excluding carboxylic acids is 1. The fourth-order valence-corrected chi connectivity index (χ4v) is 3.20. The van der Waals surface area contributed by atoms with Crippen LogP contribution in [0.25, 0.3) is 0 Å². The van der Waals surface area contributed by atoms with Gasteiger partial charge in [-0.1, -0.05) is 13.3 Å². The quantitative estimate of drug-likeness (QED) is 0.786. The maximum absolute atomic E-state index is 11.8. The van der Waals surface area contributed by atoms with Crippen molar-refractivity contribution in [2.24, 2.45) is 17.8 Å². The summed E-state index contributed by atoms with van der Waals surface area (Å²) in [6, 6.07) is 0. The Bertz CT molecular complexity index is 249. The number of hydrogen-bond donors (Lipinski definition) is 2. The molecule has 98 valence electrons. The van der Waals surface area contributed by atoms with Crippen LogP contribution in [0.1, 0.15) is 45.4 Å². The molecule has 0 spiro atoms. The van der Waals surface area contributed by atoms with Gasteiger partial charge >= 0.3 is 0 Å². The molecule has 0 aromatic carbocycles. The number of amides is 1. The summed E-state index contributed by atoms with van der Waals surface area (Å²) in [5.41, 5.74) is 0. The van der Waals surface area contributed by atoms with Crippen molar-refractivity contribution in [2.45, 2.75) is 45.4 Å². The zero-order valence-electron chi connectivity index (χ0n) is 11.0. The second-order valence-electron chi connectivity index (χ2n) is 6.00. The van der Waals surface area contributed by atoms with Crippen molar-refractivity contribution in [1.29, 1.82) is 0 Å². The summed E-state index contributed by atoms with van der Waals surface area (Å²) in [6.07, 6.45) is 7.08. The molecule has 2 fully saturated rings. The summed E-state index contributed by atoms with van der Waals surface area (Å²) >= 11 is 0. The molecule has 2 rings (SSSR count). The second kappa shape index (κ2) is 6.39. The van der Waals surface area contributed by atoms with E-state index in [1.54, 1.807) is 0 Å². The third-order valence-electron chi connectivity index (χ3n) is 4.26. The molecule has 0 aromatic rings. The van der Waals surface area contributed by atoms with Crippen LogP contribution in [0.5, 0.6) is 0 Å². The van der Waals surface area contributed by atoms with Crippen LogP contribution in [0, 0.1) is 17.8 Å². The van der Waals surface area contributed by atoms with Crippen molar-refractivity contribution in [2.75, 3.05) is 19.6 Å². The first-order valence-electron chi connectivity index (χ1n) is 7.21. The van der Waals surface area contributed by atoms with Gasteiger partial charge in [0.25, 0.3) is 0 Å².